The van der Waals surface area contributed by atoms with Crippen LogP contribution in [0.5, 0.6) is 0 Å². The van der Waals surface area contributed by atoms with Crippen LogP contribution < -0.4 is 0 Å². The molecule has 0 bridgehead atoms. The molecule has 13 rings (SSSR count). The summed E-state index contributed by atoms with van der Waals surface area (Å²) in [5, 5.41) is 4.36. The van der Waals surface area contributed by atoms with Crippen molar-refractivity contribution in [3.63, 3.8) is 0 Å². The van der Waals surface area contributed by atoms with E-state index in [-0.39, 0.29) is 0 Å². The van der Waals surface area contributed by atoms with Crippen LogP contribution in [0.3, 0.4) is 0 Å². The Morgan fingerprint density at radius 3 is 1.41 bits per heavy atom. The summed E-state index contributed by atoms with van der Waals surface area (Å²) in [6, 6.07) is 85.4. The van der Waals surface area contributed by atoms with Crippen molar-refractivity contribution in [2.75, 3.05) is 0 Å². The molecule has 0 saturated heterocycles. The third-order valence-corrected chi connectivity index (χ3v) is 13.1. The monoisotopic (exact) mass is 868 g/mol. The van der Waals surface area contributed by atoms with Gasteiger partial charge in [0.05, 0.1) is 16.7 Å². The van der Waals surface area contributed by atoms with Crippen molar-refractivity contribution >= 4 is 43.7 Å². The molecule has 5 nitrogen and oxygen atoms in total. The third kappa shape index (κ3) is 6.76. The van der Waals surface area contributed by atoms with Crippen LogP contribution in [0.2, 0.25) is 0 Å². The average Bonchev–Trinajstić information content (AvgIpc) is 3.97. The largest absolute Gasteiger partial charge is 0.456 e. The van der Waals surface area contributed by atoms with E-state index in [2.05, 4.69) is 211 Å². The van der Waals surface area contributed by atoms with Crippen molar-refractivity contribution < 1.29 is 4.42 Å². The lowest BCUT2D eigenvalue weighted by Crippen LogP contribution is -2.04. The van der Waals surface area contributed by atoms with Crippen LogP contribution in [0.1, 0.15) is 0 Å². The molecule has 3 aromatic heterocycles. The second-order valence-corrected chi connectivity index (χ2v) is 17.1. The molecule has 13 aromatic rings. The Bertz CT molecular complexity index is 3930. The predicted molar refractivity (Wildman–Crippen MR) is 279 cm³/mol. The normalized spacial score (nSPS) is 11.5. The number of aromatic nitrogens is 4. The molecule has 3 heterocycles. The van der Waals surface area contributed by atoms with Crippen molar-refractivity contribution in [2.24, 2.45) is 0 Å². The van der Waals surface area contributed by atoms with Gasteiger partial charge >= 0.3 is 0 Å². The Morgan fingerprint density at radius 1 is 0.279 bits per heavy atom. The fourth-order valence-corrected chi connectivity index (χ4v) is 9.86. The molecule has 0 aliphatic carbocycles. The molecule has 0 atom stereocenters. The van der Waals surface area contributed by atoms with Gasteiger partial charge in [-0.3, -0.25) is 0 Å². The summed E-state index contributed by atoms with van der Waals surface area (Å²) in [5.41, 5.74) is 16.4. The van der Waals surface area contributed by atoms with Crippen molar-refractivity contribution in [2.45, 2.75) is 0 Å². The highest BCUT2D eigenvalue weighted by Gasteiger charge is 2.24. The molecule has 0 amide bonds. The fraction of sp³-hybridized carbons (Fsp3) is 0. The van der Waals surface area contributed by atoms with Gasteiger partial charge in [-0.25, -0.2) is 15.0 Å². The summed E-state index contributed by atoms with van der Waals surface area (Å²) < 4.78 is 8.85. The molecule has 10 aromatic carbocycles. The second-order valence-electron chi connectivity index (χ2n) is 17.1. The zero-order valence-electron chi connectivity index (χ0n) is 36.8. The Balaban J connectivity index is 1.09. The third-order valence-electron chi connectivity index (χ3n) is 13.1. The molecule has 0 radical (unpaired) electrons. The van der Waals surface area contributed by atoms with Gasteiger partial charge in [0.2, 0.25) is 0 Å². The lowest BCUT2D eigenvalue weighted by Gasteiger charge is -2.21. The highest BCUT2D eigenvalue weighted by molar-refractivity contribution is 6.13. The maximum Gasteiger partial charge on any atom is 0.164 e. The van der Waals surface area contributed by atoms with E-state index in [4.69, 9.17) is 19.4 Å². The Hall–Kier alpha value is -9.19. The number of nitrogens with zero attached hydrogens (tertiary/aromatic N) is 4. The number of para-hydroxylation sites is 2. The van der Waals surface area contributed by atoms with Crippen molar-refractivity contribution in [1.82, 2.24) is 19.5 Å². The topological polar surface area (TPSA) is 56.7 Å². The van der Waals surface area contributed by atoms with E-state index in [1.54, 1.807) is 0 Å². The quantitative estimate of drug-likeness (QED) is 0.153. The van der Waals surface area contributed by atoms with Gasteiger partial charge in [-0.05, 0) is 75.8 Å². The zero-order chi connectivity index (χ0) is 45.0. The van der Waals surface area contributed by atoms with Gasteiger partial charge in [0.25, 0.3) is 0 Å². The van der Waals surface area contributed by atoms with Crippen LogP contribution in [0.15, 0.2) is 247 Å². The summed E-state index contributed by atoms with van der Waals surface area (Å²) >= 11 is 0. The summed E-state index contributed by atoms with van der Waals surface area (Å²) in [6.07, 6.45) is 0. The van der Waals surface area contributed by atoms with E-state index < -0.39 is 0 Å². The van der Waals surface area contributed by atoms with Gasteiger partial charge in [0.1, 0.15) is 11.2 Å². The molecule has 318 valence electrons. The maximum absolute atomic E-state index is 6.39. The van der Waals surface area contributed by atoms with Crippen LogP contribution in [-0.2, 0) is 0 Å². The minimum absolute atomic E-state index is 0.567. The predicted octanol–water partition coefficient (Wildman–Crippen LogP) is 16.5. The summed E-state index contributed by atoms with van der Waals surface area (Å²) in [6.45, 7) is 0. The van der Waals surface area contributed by atoms with Crippen molar-refractivity contribution in [1.29, 1.82) is 0 Å². The first kappa shape index (κ1) is 39.2. The molecule has 0 N–H and O–H groups in total. The summed E-state index contributed by atoms with van der Waals surface area (Å²) in [5.74, 6) is 1.72. The molecule has 0 spiro atoms. The van der Waals surface area contributed by atoms with E-state index in [9.17, 15) is 0 Å². The van der Waals surface area contributed by atoms with E-state index in [0.29, 0.717) is 17.5 Å². The minimum Gasteiger partial charge on any atom is -0.456 e. The molecular weight excluding hydrogens is 829 g/mol. The molecule has 0 aliphatic heterocycles. The molecule has 0 aliphatic rings. The second kappa shape index (κ2) is 16.4. The Kier molecular flexibility index (Phi) is 9.43. The van der Waals surface area contributed by atoms with Gasteiger partial charge in [0, 0.05) is 49.4 Å². The fourth-order valence-electron chi connectivity index (χ4n) is 9.86. The van der Waals surface area contributed by atoms with Crippen molar-refractivity contribution in [3.05, 3.63) is 243 Å². The van der Waals surface area contributed by atoms with E-state index >= 15 is 0 Å². The van der Waals surface area contributed by atoms with Crippen LogP contribution >= 0.6 is 0 Å². The van der Waals surface area contributed by atoms with Gasteiger partial charge in [-0.15, -0.1) is 0 Å². The number of fused-ring (bicyclic) bond motifs is 6. The highest BCUT2D eigenvalue weighted by atomic mass is 16.3. The van der Waals surface area contributed by atoms with Crippen LogP contribution in [-0.4, -0.2) is 19.5 Å². The molecular formula is C63H40N4O. The summed E-state index contributed by atoms with van der Waals surface area (Å²) in [7, 11) is 0. The first-order chi connectivity index (χ1) is 33.7. The molecule has 0 saturated carbocycles. The van der Waals surface area contributed by atoms with E-state index in [0.717, 1.165) is 88.7 Å². The van der Waals surface area contributed by atoms with Gasteiger partial charge in [-0.1, -0.05) is 200 Å². The number of benzene rings is 10. The number of hydrogen-bond donors (Lipinski definition) is 0. The van der Waals surface area contributed by atoms with Crippen LogP contribution in [0.25, 0.3) is 128 Å². The Morgan fingerprint density at radius 2 is 0.750 bits per heavy atom. The van der Waals surface area contributed by atoms with E-state index in [1.807, 2.05) is 36.4 Å². The van der Waals surface area contributed by atoms with Gasteiger partial charge in [-0.2, -0.15) is 0 Å². The van der Waals surface area contributed by atoms with Crippen LogP contribution in [0, 0.1) is 0 Å². The van der Waals surface area contributed by atoms with E-state index in [1.165, 1.54) is 21.9 Å². The number of rotatable bonds is 8. The van der Waals surface area contributed by atoms with Crippen molar-refractivity contribution in [3.8, 4) is 84.4 Å². The zero-order valence-corrected chi connectivity index (χ0v) is 36.8. The first-order valence-corrected chi connectivity index (χ1v) is 22.9. The molecule has 68 heavy (non-hydrogen) atoms. The molecule has 0 fully saturated rings. The number of furan rings is 1. The summed E-state index contributed by atoms with van der Waals surface area (Å²) in [4.78, 5) is 16.1. The Labute approximate surface area is 392 Å². The highest BCUT2D eigenvalue weighted by Crippen LogP contribution is 2.45. The maximum atomic E-state index is 6.39. The molecule has 0 unspecified atom stereocenters. The lowest BCUT2D eigenvalue weighted by atomic mass is 9.92. The lowest BCUT2D eigenvalue weighted by molar-refractivity contribution is 0.669. The van der Waals surface area contributed by atoms with Gasteiger partial charge in [0.15, 0.2) is 17.5 Å². The average molecular weight is 869 g/mol. The smallest absolute Gasteiger partial charge is 0.164 e. The SMILES string of the molecule is c1ccc(-c2ccc(-c3nc(-c4cc(-c5ccccc5)c(-n5c6ccccc6c6cc(-c7ccccc7)ccc65)c(-c5ccccc5)c4)nc(-c4cccc5oc6ccccc6c45)n3)cc2)cc1. The van der Waals surface area contributed by atoms with Crippen LogP contribution in [0.4, 0.5) is 0 Å². The first-order valence-electron chi connectivity index (χ1n) is 22.9. The van der Waals surface area contributed by atoms with Gasteiger partial charge < -0.3 is 8.98 Å². The standard InChI is InChI=1S/C63H40N4O/c1-5-18-41(19-6-1)43-32-34-46(35-33-43)61-64-62(66-63(65-61)51-28-17-31-58-59(51)50-27-14-16-30-57(50)68-58)48-39-52(44-22-9-3-10-23-44)60(53(40-48)45-24-11-4-12-25-45)67-55-29-15-13-26-49(55)54-38-47(36-37-56(54)67)42-20-7-2-8-21-42/h1-40H. The minimum atomic E-state index is 0.567. The number of hydrogen-bond acceptors (Lipinski definition) is 4. The molecule has 5 heteroatoms.